The van der Waals surface area contributed by atoms with Crippen LogP contribution in [0.4, 0.5) is 8.78 Å². The number of ether oxygens (including phenoxy) is 1. The zero-order chi connectivity index (χ0) is 24.1. The maximum Gasteiger partial charge on any atom is 0.343 e. The van der Waals surface area contributed by atoms with E-state index in [9.17, 15) is 18.7 Å². The highest BCUT2D eigenvalue weighted by atomic mass is 79.9. The second-order valence-corrected chi connectivity index (χ2v) is 9.19. The minimum Gasteiger partial charge on any atom is -1.00 e. The highest BCUT2D eigenvalue weighted by Crippen LogP contribution is 2.45. The first-order chi connectivity index (χ1) is 15.7. The summed E-state index contributed by atoms with van der Waals surface area (Å²) in [5, 5.41) is 11.5. The molecule has 0 aliphatic heterocycles. The summed E-state index contributed by atoms with van der Waals surface area (Å²) in [6, 6.07) is 8.81. The zero-order valence-corrected chi connectivity index (χ0v) is 21.9. The van der Waals surface area contributed by atoms with E-state index >= 15 is 0 Å². The fourth-order valence-electron chi connectivity index (χ4n) is 5.07. The van der Waals surface area contributed by atoms with Gasteiger partial charge in [-0.25, -0.2) is 22.7 Å². The lowest BCUT2D eigenvalue weighted by atomic mass is 9.72. The molecule has 2 atom stereocenters. The van der Waals surface area contributed by atoms with Crippen LogP contribution in [-0.4, -0.2) is 28.2 Å². The van der Waals surface area contributed by atoms with Crippen molar-refractivity contribution in [1.29, 1.82) is 0 Å². The van der Waals surface area contributed by atoms with Gasteiger partial charge >= 0.3 is 5.97 Å². The van der Waals surface area contributed by atoms with Crippen LogP contribution in [0.3, 0.4) is 0 Å². The smallest absolute Gasteiger partial charge is 0.343 e. The first kappa shape index (κ1) is 28.4. The molecule has 3 rings (SSSR count). The molecule has 1 aliphatic rings. The molecule has 1 aromatic carbocycles. The number of benzene rings is 1. The molecule has 2 aromatic rings. The van der Waals surface area contributed by atoms with E-state index < -0.39 is 29.8 Å². The third kappa shape index (κ3) is 6.25. The van der Waals surface area contributed by atoms with Crippen molar-refractivity contribution in [3.8, 4) is 0 Å². The average molecular weight is 543 g/mol. The molecule has 0 unspecified atom stereocenters. The lowest BCUT2D eigenvalue weighted by Gasteiger charge is -2.39. The molecule has 1 heterocycles. The van der Waals surface area contributed by atoms with E-state index in [0.717, 1.165) is 18.7 Å². The number of halogens is 3. The van der Waals surface area contributed by atoms with Crippen LogP contribution in [0, 0.1) is 12.8 Å². The van der Waals surface area contributed by atoms with Crippen LogP contribution in [0.1, 0.15) is 76.2 Å². The first-order valence-corrected chi connectivity index (χ1v) is 12.1. The first-order valence-electron chi connectivity index (χ1n) is 12.1. The molecular formula is C26H37BrF2N2O3. The number of rotatable bonds is 10. The van der Waals surface area contributed by atoms with E-state index in [-0.39, 0.29) is 36.4 Å². The van der Waals surface area contributed by atoms with Crippen molar-refractivity contribution in [2.45, 2.75) is 89.8 Å². The monoisotopic (exact) mass is 542 g/mol. The van der Waals surface area contributed by atoms with Gasteiger partial charge in [-0.05, 0) is 31.2 Å². The van der Waals surface area contributed by atoms with Crippen molar-refractivity contribution in [1.82, 2.24) is 4.57 Å². The number of imidazole rings is 1. The molecule has 5 nitrogen and oxygen atoms in total. The minimum atomic E-state index is -2.89. The number of hydrogen-bond donors (Lipinski definition) is 1. The molecule has 1 saturated carbocycles. The maximum absolute atomic E-state index is 14.1. The Morgan fingerprint density at radius 1 is 1.29 bits per heavy atom. The molecular weight excluding hydrogens is 506 g/mol. The van der Waals surface area contributed by atoms with E-state index in [4.69, 9.17) is 4.74 Å². The molecule has 8 heteroatoms. The zero-order valence-electron chi connectivity index (χ0n) is 20.4. The molecule has 190 valence electrons. The van der Waals surface area contributed by atoms with Gasteiger partial charge in [-0.1, -0.05) is 44.2 Å². The van der Waals surface area contributed by atoms with Gasteiger partial charge in [0.05, 0.1) is 13.2 Å². The van der Waals surface area contributed by atoms with E-state index in [1.165, 1.54) is 0 Å². The predicted octanol–water partition coefficient (Wildman–Crippen LogP) is 2.10. The molecule has 1 N–H and O–H groups in total. The van der Waals surface area contributed by atoms with Crippen molar-refractivity contribution in [3.63, 3.8) is 0 Å². The minimum absolute atomic E-state index is 0. The normalized spacial score (nSPS) is 19.3. The molecule has 1 aromatic heterocycles. The van der Waals surface area contributed by atoms with Gasteiger partial charge in [0.1, 0.15) is 18.4 Å². The highest BCUT2D eigenvalue weighted by molar-refractivity contribution is 5.81. The van der Waals surface area contributed by atoms with E-state index in [1.54, 1.807) is 30.3 Å². The number of nitrogens with zero attached hydrogens (tertiary/aromatic N) is 2. The molecule has 1 aliphatic carbocycles. The summed E-state index contributed by atoms with van der Waals surface area (Å²) in [6.45, 7) is 7.19. The Kier molecular flexibility index (Phi) is 10.2. The average Bonchev–Trinajstić information content (AvgIpc) is 3.17. The molecule has 1 fully saturated rings. The number of alkyl halides is 2. The number of hydrogen-bond acceptors (Lipinski definition) is 3. The van der Waals surface area contributed by atoms with E-state index in [2.05, 4.69) is 36.1 Å². The Hall–Kier alpha value is -1.80. The second kappa shape index (κ2) is 12.2. The summed E-state index contributed by atoms with van der Waals surface area (Å²) < 4.78 is 38.2. The van der Waals surface area contributed by atoms with Crippen LogP contribution in [0.25, 0.3) is 0 Å². The summed E-state index contributed by atoms with van der Waals surface area (Å²) in [5.41, 5.74) is -1.77. The van der Waals surface area contributed by atoms with Crippen LogP contribution >= 0.6 is 0 Å². The Morgan fingerprint density at radius 2 is 1.97 bits per heavy atom. The Bertz CT molecular complexity index is 918. The molecule has 34 heavy (non-hydrogen) atoms. The Labute approximate surface area is 211 Å². The van der Waals surface area contributed by atoms with Gasteiger partial charge in [-0.3, -0.25) is 0 Å². The number of aromatic nitrogens is 2. The fourth-order valence-corrected chi connectivity index (χ4v) is 5.07. The topological polar surface area (TPSA) is 55.3 Å². The highest BCUT2D eigenvalue weighted by Gasteiger charge is 2.52. The Morgan fingerprint density at radius 3 is 2.59 bits per heavy atom. The molecule has 0 spiro atoms. The van der Waals surface area contributed by atoms with Gasteiger partial charge in [-0.2, -0.15) is 0 Å². The molecule has 0 amide bonds. The van der Waals surface area contributed by atoms with Crippen LogP contribution in [-0.2, 0) is 21.7 Å². The fraction of sp³-hybridized carbons (Fsp3) is 0.615. The maximum atomic E-state index is 14.1. The van der Waals surface area contributed by atoms with E-state index in [0.29, 0.717) is 31.0 Å². The van der Waals surface area contributed by atoms with Crippen molar-refractivity contribution in [2.75, 3.05) is 6.61 Å². The summed E-state index contributed by atoms with van der Waals surface area (Å²) in [7, 11) is 0. The molecule has 0 bridgehead atoms. The standard InChI is InChI=1S/C26H37F2N2O3.BrH/c1-4-23(5-2)30-17-16-29(20(30)3)15-10-18-33-24(31)26(32,21-11-7-6-8-12-21)22-13-9-14-25(27,28)19-22;/h6-8,11-12,16-17,22-23,32H,4-5,9-10,13-15,18-19H2,1-3H3;1H/q+1;/p-1/t22-,26-;/m0./s1. The van der Waals surface area contributed by atoms with Gasteiger partial charge in [0.25, 0.3) is 5.82 Å². The largest absolute Gasteiger partial charge is 1.00 e. The van der Waals surface area contributed by atoms with Crippen LogP contribution in [0.15, 0.2) is 42.7 Å². The van der Waals surface area contributed by atoms with Crippen molar-refractivity contribution in [2.24, 2.45) is 5.92 Å². The van der Waals surface area contributed by atoms with Gasteiger partial charge in [-0.15, -0.1) is 0 Å². The van der Waals surface area contributed by atoms with Gasteiger partial charge in [0.15, 0.2) is 5.60 Å². The van der Waals surface area contributed by atoms with Crippen LogP contribution < -0.4 is 21.5 Å². The van der Waals surface area contributed by atoms with Crippen LogP contribution in [0.5, 0.6) is 0 Å². The number of aryl methyl sites for hydroxylation is 1. The lowest BCUT2D eigenvalue weighted by molar-refractivity contribution is -0.728. The summed E-state index contributed by atoms with van der Waals surface area (Å²) in [5.74, 6) is -3.47. The van der Waals surface area contributed by atoms with Gasteiger partial charge in [0, 0.05) is 32.1 Å². The number of carbonyl (C=O) groups excluding carboxylic acids is 1. The molecule has 0 saturated heterocycles. The van der Waals surface area contributed by atoms with Crippen molar-refractivity contribution < 1.29 is 45.0 Å². The van der Waals surface area contributed by atoms with Crippen LogP contribution in [0.2, 0.25) is 0 Å². The second-order valence-electron chi connectivity index (χ2n) is 9.19. The summed E-state index contributed by atoms with van der Waals surface area (Å²) in [4.78, 5) is 13.1. The quantitative estimate of drug-likeness (QED) is 0.284. The number of aliphatic hydroxyl groups is 1. The molecule has 0 radical (unpaired) electrons. The van der Waals surface area contributed by atoms with Gasteiger partial charge in [0.2, 0.25) is 5.92 Å². The number of esters is 1. The van der Waals surface area contributed by atoms with Crippen molar-refractivity contribution in [3.05, 3.63) is 54.1 Å². The summed E-state index contributed by atoms with van der Waals surface area (Å²) >= 11 is 0. The van der Waals surface area contributed by atoms with Crippen molar-refractivity contribution >= 4 is 5.97 Å². The van der Waals surface area contributed by atoms with Gasteiger partial charge < -0.3 is 26.8 Å². The number of carbonyl (C=O) groups is 1. The van der Waals surface area contributed by atoms with E-state index in [1.807, 2.05) is 6.20 Å². The third-order valence-corrected chi connectivity index (χ3v) is 7.07. The predicted molar refractivity (Wildman–Crippen MR) is 122 cm³/mol. The SMILES string of the molecule is CCC(CC)[n+]1ccn(CCCOC(=O)[C@](O)(c2ccccc2)[C@H]2CCCC(F)(F)C2)c1C.[Br-]. The third-order valence-electron chi connectivity index (χ3n) is 7.07. The lowest BCUT2D eigenvalue weighted by Crippen LogP contribution is -3.00. The Balaban J connectivity index is 0.00000408. The summed E-state index contributed by atoms with van der Waals surface area (Å²) in [6.07, 6.45) is 6.68.